The minimum atomic E-state index is 0.161. The SMILES string of the molecule is O=C(c1ccc(Cl)cc1)C1CCN(CCCCl)CC1. The van der Waals surface area contributed by atoms with Crippen LogP contribution in [0, 0.1) is 5.92 Å². The van der Waals surface area contributed by atoms with E-state index in [-0.39, 0.29) is 11.7 Å². The summed E-state index contributed by atoms with van der Waals surface area (Å²) in [7, 11) is 0. The van der Waals surface area contributed by atoms with Crippen LogP contribution >= 0.6 is 23.2 Å². The zero-order valence-corrected chi connectivity index (χ0v) is 12.5. The van der Waals surface area contributed by atoms with E-state index in [2.05, 4.69) is 4.90 Å². The van der Waals surface area contributed by atoms with Gasteiger partial charge in [-0.2, -0.15) is 0 Å². The van der Waals surface area contributed by atoms with Gasteiger partial charge in [0, 0.05) is 22.4 Å². The molecule has 0 amide bonds. The predicted molar refractivity (Wildman–Crippen MR) is 80.3 cm³/mol. The molecular weight excluding hydrogens is 281 g/mol. The molecule has 1 aromatic carbocycles. The van der Waals surface area contributed by atoms with E-state index < -0.39 is 0 Å². The number of benzene rings is 1. The third kappa shape index (κ3) is 4.20. The number of Topliss-reactive ketones (excluding diaryl/α,β-unsaturated/α-hetero) is 1. The average Bonchev–Trinajstić information content (AvgIpc) is 2.46. The van der Waals surface area contributed by atoms with Crippen molar-refractivity contribution in [2.45, 2.75) is 19.3 Å². The van der Waals surface area contributed by atoms with Crippen molar-refractivity contribution in [2.24, 2.45) is 5.92 Å². The number of alkyl halides is 1. The normalized spacial score (nSPS) is 17.6. The van der Waals surface area contributed by atoms with Gasteiger partial charge in [-0.1, -0.05) is 11.6 Å². The molecule has 1 fully saturated rings. The molecule has 1 aliphatic heterocycles. The fourth-order valence-electron chi connectivity index (χ4n) is 2.55. The van der Waals surface area contributed by atoms with Gasteiger partial charge in [0.1, 0.15) is 0 Å². The molecular formula is C15H19Cl2NO. The second-order valence-corrected chi connectivity index (χ2v) is 5.84. The minimum Gasteiger partial charge on any atom is -0.303 e. The van der Waals surface area contributed by atoms with Crippen molar-refractivity contribution in [1.82, 2.24) is 4.90 Å². The summed E-state index contributed by atoms with van der Waals surface area (Å²) in [5, 5.41) is 0.674. The Bertz CT molecular complexity index is 411. The number of carbonyl (C=O) groups is 1. The van der Waals surface area contributed by atoms with E-state index in [1.165, 1.54) is 0 Å². The molecule has 0 unspecified atom stereocenters. The molecule has 0 spiro atoms. The highest BCUT2D eigenvalue weighted by Crippen LogP contribution is 2.22. The summed E-state index contributed by atoms with van der Waals surface area (Å²) in [5.41, 5.74) is 0.781. The van der Waals surface area contributed by atoms with Gasteiger partial charge in [0.2, 0.25) is 0 Å². The Hall–Kier alpha value is -0.570. The molecule has 0 aliphatic carbocycles. The maximum absolute atomic E-state index is 12.3. The van der Waals surface area contributed by atoms with Gasteiger partial charge >= 0.3 is 0 Å². The van der Waals surface area contributed by atoms with Crippen LogP contribution in [0.3, 0.4) is 0 Å². The van der Waals surface area contributed by atoms with E-state index in [0.717, 1.165) is 44.5 Å². The Balaban J connectivity index is 1.87. The highest BCUT2D eigenvalue weighted by Gasteiger charge is 2.25. The fourth-order valence-corrected chi connectivity index (χ4v) is 2.80. The average molecular weight is 300 g/mol. The molecule has 1 aliphatic rings. The van der Waals surface area contributed by atoms with Crippen molar-refractivity contribution in [3.05, 3.63) is 34.9 Å². The summed E-state index contributed by atoms with van der Waals surface area (Å²) in [5.74, 6) is 1.13. The molecule has 1 heterocycles. The lowest BCUT2D eigenvalue weighted by Crippen LogP contribution is -2.37. The molecule has 2 nitrogen and oxygen atoms in total. The Labute approximate surface area is 124 Å². The van der Waals surface area contributed by atoms with Gasteiger partial charge < -0.3 is 4.90 Å². The Morgan fingerprint density at radius 3 is 2.42 bits per heavy atom. The minimum absolute atomic E-state index is 0.161. The van der Waals surface area contributed by atoms with Gasteiger partial charge in [0.15, 0.2) is 5.78 Å². The van der Waals surface area contributed by atoms with Crippen molar-refractivity contribution in [3.63, 3.8) is 0 Å². The quantitative estimate of drug-likeness (QED) is 0.608. The van der Waals surface area contributed by atoms with Crippen LogP contribution < -0.4 is 0 Å². The Kier molecular flexibility index (Phi) is 5.68. The summed E-state index contributed by atoms with van der Waals surface area (Å²) in [6, 6.07) is 7.21. The molecule has 4 heteroatoms. The molecule has 0 radical (unpaired) electrons. The second kappa shape index (κ2) is 7.28. The number of hydrogen-bond donors (Lipinski definition) is 0. The molecule has 19 heavy (non-hydrogen) atoms. The first-order chi connectivity index (χ1) is 9.20. The van der Waals surface area contributed by atoms with Crippen molar-refractivity contribution in [2.75, 3.05) is 25.5 Å². The van der Waals surface area contributed by atoms with Crippen molar-refractivity contribution >= 4 is 29.0 Å². The van der Waals surface area contributed by atoms with Crippen LogP contribution in [-0.4, -0.2) is 36.2 Å². The van der Waals surface area contributed by atoms with Crippen molar-refractivity contribution < 1.29 is 4.79 Å². The van der Waals surface area contributed by atoms with Gasteiger partial charge in [-0.3, -0.25) is 4.79 Å². The van der Waals surface area contributed by atoms with Gasteiger partial charge in [0.25, 0.3) is 0 Å². The Morgan fingerprint density at radius 1 is 1.21 bits per heavy atom. The van der Waals surface area contributed by atoms with Crippen LogP contribution in [0.1, 0.15) is 29.6 Å². The first kappa shape index (κ1) is 14.8. The smallest absolute Gasteiger partial charge is 0.166 e. The third-order valence-electron chi connectivity index (χ3n) is 3.70. The number of nitrogens with zero attached hydrogens (tertiary/aromatic N) is 1. The van der Waals surface area contributed by atoms with Crippen molar-refractivity contribution in [3.8, 4) is 0 Å². The van der Waals surface area contributed by atoms with Crippen LogP contribution in [-0.2, 0) is 0 Å². The largest absolute Gasteiger partial charge is 0.303 e. The number of piperidine rings is 1. The summed E-state index contributed by atoms with van der Waals surface area (Å²) in [4.78, 5) is 14.7. The van der Waals surface area contributed by atoms with Crippen LogP contribution in [0.5, 0.6) is 0 Å². The van der Waals surface area contributed by atoms with Crippen LogP contribution in [0.25, 0.3) is 0 Å². The lowest BCUT2D eigenvalue weighted by Gasteiger charge is -2.31. The first-order valence-electron chi connectivity index (χ1n) is 6.79. The maximum Gasteiger partial charge on any atom is 0.166 e. The summed E-state index contributed by atoms with van der Waals surface area (Å²) in [6.07, 6.45) is 2.92. The molecule has 0 N–H and O–H groups in total. The van der Waals surface area contributed by atoms with Gasteiger partial charge in [0.05, 0.1) is 0 Å². The standard InChI is InChI=1S/C15H19Cl2NO/c16-8-1-9-18-10-6-13(7-11-18)15(19)12-2-4-14(17)5-3-12/h2-5,13H,1,6-11H2. The van der Waals surface area contributed by atoms with Crippen LogP contribution in [0.2, 0.25) is 5.02 Å². The fraction of sp³-hybridized carbons (Fsp3) is 0.533. The zero-order valence-electron chi connectivity index (χ0n) is 10.9. The van der Waals surface area contributed by atoms with Gasteiger partial charge in [-0.15, -0.1) is 11.6 Å². The monoisotopic (exact) mass is 299 g/mol. The number of carbonyl (C=O) groups excluding carboxylic acids is 1. The van der Waals surface area contributed by atoms with E-state index >= 15 is 0 Å². The van der Waals surface area contributed by atoms with Gasteiger partial charge in [-0.25, -0.2) is 0 Å². The van der Waals surface area contributed by atoms with Gasteiger partial charge in [-0.05, 0) is 63.2 Å². The number of halogens is 2. The Morgan fingerprint density at radius 2 is 1.84 bits per heavy atom. The molecule has 0 bridgehead atoms. The number of ketones is 1. The van der Waals surface area contributed by atoms with E-state index in [4.69, 9.17) is 23.2 Å². The number of hydrogen-bond acceptors (Lipinski definition) is 2. The molecule has 2 rings (SSSR count). The van der Waals surface area contributed by atoms with E-state index in [0.29, 0.717) is 10.9 Å². The topological polar surface area (TPSA) is 20.3 Å². The van der Waals surface area contributed by atoms with Crippen molar-refractivity contribution in [1.29, 1.82) is 0 Å². The predicted octanol–water partition coefficient (Wildman–Crippen LogP) is 3.86. The molecule has 1 aromatic rings. The second-order valence-electron chi connectivity index (χ2n) is 5.03. The maximum atomic E-state index is 12.3. The summed E-state index contributed by atoms with van der Waals surface area (Å²) < 4.78 is 0. The lowest BCUT2D eigenvalue weighted by atomic mass is 9.89. The van der Waals surface area contributed by atoms with E-state index in [9.17, 15) is 4.79 Å². The lowest BCUT2D eigenvalue weighted by molar-refractivity contribution is 0.0840. The highest BCUT2D eigenvalue weighted by atomic mass is 35.5. The van der Waals surface area contributed by atoms with Crippen LogP contribution in [0.15, 0.2) is 24.3 Å². The molecule has 0 aromatic heterocycles. The third-order valence-corrected chi connectivity index (χ3v) is 4.21. The van der Waals surface area contributed by atoms with E-state index in [1.807, 2.05) is 12.1 Å². The molecule has 0 atom stereocenters. The molecule has 104 valence electrons. The highest BCUT2D eigenvalue weighted by molar-refractivity contribution is 6.30. The molecule has 1 saturated heterocycles. The first-order valence-corrected chi connectivity index (χ1v) is 7.70. The van der Waals surface area contributed by atoms with E-state index in [1.54, 1.807) is 12.1 Å². The molecule has 0 saturated carbocycles. The zero-order chi connectivity index (χ0) is 13.7. The number of rotatable bonds is 5. The number of likely N-dealkylation sites (tertiary alicyclic amines) is 1. The summed E-state index contributed by atoms with van der Waals surface area (Å²) in [6.45, 7) is 3.05. The van der Waals surface area contributed by atoms with Crippen LogP contribution in [0.4, 0.5) is 0 Å². The summed E-state index contributed by atoms with van der Waals surface area (Å²) >= 11 is 11.5.